The number of hydrogen-bond donors (Lipinski definition) is 0. The van der Waals surface area contributed by atoms with Gasteiger partial charge in [0, 0.05) is 84.4 Å². The normalized spacial score (nSPS) is 12.0. The van der Waals surface area contributed by atoms with Crippen LogP contribution in [0.15, 0.2) is 286 Å². The number of fused-ring (bicyclic) bond motifs is 15. The summed E-state index contributed by atoms with van der Waals surface area (Å²) in [6.07, 6.45) is 7.58. The third-order valence-electron chi connectivity index (χ3n) is 17.0. The van der Waals surface area contributed by atoms with E-state index in [1.807, 2.05) is 36.9 Å². The van der Waals surface area contributed by atoms with Crippen molar-refractivity contribution in [1.82, 2.24) is 23.7 Å². The van der Waals surface area contributed by atoms with E-state index in [0.717, 1.165) is 94.7 Å². The van der Waals surface area contributed by atoms with Gasteiger partial charge in [0.25, 0.3) is 0 Å². The van der Waals surface area contributed by atoms with Crippen LogP contribution in [0.5, 0.6) is 0 Å². The lowest BCUT2D eigenvalue weighted by Gasteiger charge is -2.28. The third-order valence-corrected chi connectivity index (χ3v) is 17.0. The van der Waals surface area contributed by atoms with Gasteiger partial charge in [0.15, 0.2) is 0 Å². The van der Waals surface area contributed by atoms with Gasteiger partial charge in [-0.2, -0.15) is 0 Å². The molecule has 81 heavy (non-hydrogen) atoms. The maximum atomic E-state index is 4.54. The summed E-state index contributed by atoms with van der Waals surface area (Å²) < 4.78 is 7.91. The zero-order valence-corrected chi connectivity index (χ0v) is 43.9. The molecule has 0 bridgehead atoms. The zero-order chi connectivity index (χ0) is 53.1. The quantitative estimate of drug-likeness (QED) is 0.160. The van der Waals surface area contributed by atoms with Gasteiger partial charge in [0.2, 0.25) is 0 Å². The Bertz CT molecular complexity index is 5120. The van der Waals surface area contributed by atoms with Crippen molar-refractivity contribution < 1.29 is 0 Å². The molecule has 5 nitrogen and oxygen atoms in total. The van der Waals surface area contributed by atoms with Crippen LogP contribution in [-0.4, -0.2) is 23.7 Å². The number of nitrogens with zero attached hydrogens (tertiary/aromatic N) is 5. The molecule has 376 valence electrons. The summed E-state index contributed by atoms with van der Waals surface area (Å²) in [6.45, 7) is 0. The monoisotopic (exact) mass is 1030 g/mol. The maximum absolute atomic E-state index is 4.54. The molecule has 0 aliphatic heterocycles. The molecule has 5 aromatic heterocycles. The lowest BCUT2D eigenvalue weighted by atomic mass is 9.91. The summed E-state index contributed by atoms with van der Waals surface area (Å²) >= 11 is 0. The van der Waals surface area contributed by atoms with Crippen LogP contribution < -0.4 is 0 Å². The first-order valence-electron chi connectivity index (χ1n) is 27.7. The number of hydrogen-bond acceptors (Lipinski definition) is 2. The van der Waals surface area contributed by atoms with Gasteiger partial charge in [-0.15, -0.1) is 0 Å². The van der Waals surface area contributed by atoms with E-state index >= 15 is 0 Å². The summed E-state index contributed by atoms with van der Waals surface area (Å²) in [7, 11) is 0. The van der Waals surface area contributed by atoms with Gasteiger partial charge in [-0.25, -0.2) is 0 Å². The molecule has 0 amide bonds. The molecule has 5 heterocycles. The van der Waals surface area contributed by atoms with Crippen molar-refractivity contribution in [3.8, 4) is 61.6 Å². The standard InChI is InChI=1S/C76H47N5/c1-4-20-57-50(15-1)37-40-63-60-23-7-10-26-68(60)79(71(57)63)74-66(53-33-29-48(30-34-53)55-18-13-43-77-46-55)45-67(54-35-31-49(32-36-54)56-19-14-44-78-47-56)75(80-69-27-11-8-24-61(69)64-41-38-51-16-2-5-21-58(51)72(64)80)76(74)81-70-28-12-9-25-62(70)65-42-39-52-17-3-6-22-59(52)73(65)81/h1-47H. The third kappa shape index (κ3) is 6.79. The van der Waals surface area contributed by atoms with Crippen molar-refractivity contribution in [2.75, 3.05) is 0 Å². The van der Waals surface area contributed by atoms with E-state index in [1.54, 1.807) is 0 Å². The fourth-order valence-electron chi connectivity index (χ4n) is 13.4. The number of pyridine rings is 2. The minimum atomic E-state index is 1.06. The van der Waals surface area contributed by atoms with E-state index in [-0.39, 0.29) is 0 Å². The largest absolute Gasteiger partial charge is 0.306 e. The molecule has 0 atom stereocenters. The predicted octanol–water partition coefficient (Wildman–Crippen LogP) is 19.9. The molecule has 17 rings (SSSR count). The zero-order valence-electron chi connectivity index (χ0n) is 43.9. The summed E-state index contributed by atoms with van der Waals surface area (Å²) in [5, 5.41) is 14.2. The highest BCUT2D eigenvalue weighted by Gasteiger charge is 2.32. The van der Waals surface area contributed by atoms with Crippen LogP contribution in [0.25, 0.3) is 159 Å². The molecule has 0 aliphatic carbocycles. The highest BCUT2D eigenvalue weighted by Crippen LogP contribution is 2.52. The van der Waals surface area contributed by atoms with E-state index in [0.29, 0.717) is 0 Å². The highest BCUT2D eigenvalue weighted by molar-refractivity contribution is 6.24. The van der Waals surface area contributed by atoms with Gasteiger partial charge in [-0.1, -0.05) is 224 Å². The van der Waals surface area contributed by atoms with E-state index in [9.17, 15) is 0 Å². The highest BCUT2D eigenvalue weighted by atomic mass is 15.1. The number of rotatable bonds is 7. The van der Waals surface area contributed by atoms with Gasteiger partial charge in [-0.05, 0) is 85.9 Å². The predicted molar refractivity (Wildman–Crippen MR) is 339 cm³/mol. The van der Waals surface area contributed by atoms with Crippen LogP contribution in [-0.2, 0) is 0 Å². The van der Waals surface area contributed by atoms with Gasteiger partial charge in [0.1, 0.15) is 0 Å². The van der Waals surface area contributed by atoms with Crippen molar-refractivity contribution in [3.05, 3.63) is 286 Å². The van der Waals surface area contributed by atoms with Crippen LogP contribution in [0.1, 0.15) is 0 Å². The van der Waals surface area contributed by atoms with Crippen molar-refractivity contribution in [2.24, 2.45) is 0 Å². The van der Waals surface area contributed by atoms with Crippen LogP contribution in [0.2, 0.25) is 0 Å². The molecule has 0 radical (unpaired) electrons. The minimum Gasteiger partial charge on any atom is -0.306 e. The number of para-hydroxylation sites is 3. The molecule has 17 aromatic rings. The molecule has 0 fully saturated rings. The molecule has 0 spiro atoms. The molecule has 0 aliphatic rings. The fourth-order valence-corrected chi connectivity index (χ4v) is 13.4. The van der Waals surface area contributed by atoms with E-state index in [1.165, 1.54) is 64.6 Å². The van der Waals surface area contributed by atoms with Crippen LogP contribution >= 0.6 is 0 Å². The molecule has 0 unspecified atom stereocenters. The molecular formula is C76H47N5. The van der Waals surface area contributed by atoms with Crippen LogP contribution in [0.3, 0.4) is 0 Å². The Balaban J connectivity index is 1.18. The van der Waals surface area contributed by atoms with Gasteiger partial charge < -0.3 is 13.7 Å². The molecule has 0 saturated carbocycles. The molecular weight excluding hydrogens is 983 g/mol. The molecule has 0 N–H and O–H groups in total. The lowest BCUT2D eigenvalue weighted by Crippen LogP contribution is -2.13. The molecule has 0 saturated heterocycles. The first kappa shape index (κ1) is 45.2. The average Bonchev–Trinajstić information content (AvgIpc) is 4.40. The smallest absolute Gasteiger partial charge is 0.0960 e. The Labute approximate surface area is 466 Å². The van der Waals surface area contributed by atoms with E-state index in [2.05, 4.69) is 272 Å². The van der Waals surface area contributed by atoms with Gasteiger partial charge >= 0.3 is 0 Å². The SMILES string of the molecule is c1cncc(-c2ccc(-c3cc(-c4ccc(-c5cccnc5)cc4)c(-n4c5ccccc5c5ccc6ccccc6c54)c(-n4c5ccccc5c5ccc6ccccc6c54)c3-n3c4ccccc4c4ccc5ccccc5c43)cc2)c1. The second-order valence-corrected chi connectivity index (χ2v) is 21.3. The van der Waals surface area contributed by atoms with E-state index in [4.69, 9.17) is 0 Å². The summed E-state index contributed by atoms with van der Waals surface area (Å²) in [6, 6.07) is 96.8. The van der Waals surface area contributed by atoms with Crippen molar-refractivity contribution in [1.29, 1.82) is 0 Å². The average molecular weight is 1030 g/mol. The summed E-state index contributed by atoms with van der Waals surface area (Å²) in [5.74, 6) is 0. The fraction of sp³-hybridized carbons (Fsp3) is 0. The second kappa shape index (κ2) is 17.8. The Morgan fingerprint density at radius 2 is 0.543 bits per heavy atom. The van der Waals surface area contributed by atoms with Gasteiger partial charge in [-0.3, -0.25) is 9.97 Å². The topological polar surface area (TPSA) is 40.6 Å². The van der Waals surface area contributed by atoms with Crippen molar-refractivity contribution >= 4 is 97.7 Å². The molecule has 12 aromatic carbocycles. The van der Waals surface area contributed by atoms with Crippen molar-refractivity contribution in [2.45, 2.75) is 0 Å². The Kier molecular flexibility index (Phi) is 9.94. The van der Waals surface area contributed by atoms with Crippen molar-refractivity contribution in [3.63, 3.8) is 0 Å². The van der Waals surface area contributed by atoms with Crippen LogP contribution in [0, 0.1) is 0 Å². The van der Waals surface area contributed by atoms with Gasteiger partial charge in [0.05, 0.1) is 50.2 Å². The lowest BCUT2D eigenvalue weighted by molar-refractivity contribution is 1.06. The first-order valence-corrected chi connectivity index (χ1v) is 27.7. The summed E-state index contributed by atoms with van der Waals surface area (Å²) in [5.41, 5.74) is 18.7. The Morgan fingerprint density at radius 1 is 0.222 bits per heavy atom. The number of aromatic nitrogens is 5. The van der Waals surface area contributed by atoms with E-state index < -0.39 is 0 Å². The van der Waals surface area contributed by atoms with Crippen LogP contribution in [0.4, 0.5) is 0 Å². The minimum absolute atomic E-state index is 1.06. The Morgan fingerprint density at radius 3 is 0.901 bits per heavy atom. The Hall–Kier alpha value is -10.9. The second-order valence-electron chi connectivity index (χ2n) is 21.3. The number of benzene rings is 12. The summed E-state index contributed by atoms with van der Waals surface area (Å²) in [4.78, 5) is 9.08. The maximum Gasteiger partial charge on any atom is 0.0960 e. The first-order chi connectivity index (χ1) is 40.2. The molecule has 5 heteroatoms.